The maximum Gasteiger partial charge on any atom is 0.338 e. The van der Waals surface area contributed by atoms with Crippen molar-refractivity contribution in [3.63, 3.8) is 0 Å². The molecule has 0 heterocycles. The largest absolute Gasteiger partial charge is 0.497 e. The number of carbonyl (C=O) groups excluding carboxylic acids is 2. The second kappa shape index (κ2) is 10.2. The first-order valence-electron chi connectivity index (χ1n) is 8.89. The lowest BCUT2D eigenvalue weighted by Gasteiger charge is -2.18. The van der Waals surface area contributed by atoms with E-state index in [0.717, 1.165) is 5.56 Å². The number of hydrogen-bond acceptors (Lipinski definition) is 6. The third-order valence-electron chi connectivity index (χ3n) is 4.02. The number of amides is 1. The summed E-state index contributed by atoms with van der Waals surface area (Å²) < 4.78 is 20.9. The van der Waals surface area contributed by atoms with E-state index in [1.54, 1.807) is 56.7 Å². The molecule has 0 aliphatic carbocycles. The van der Waals surface area contributed by atoms with Gasteiger partial charge in [-0.05, 0) is 56.3 Å². The zero-order valence-electron chi connectivity index (χ0n) is 16.5. The lowest BCUT2D eigenvalue weighted by molar-refractivity contribution is -0.124. The fourth-order valence-electron chi connectivity index (χ4n) is 2.61. The van der Waals surface area contributed by atoms with Crippen molar-refractivity contribution in [1.82, 2.24) is 5.32 Å². The number of rotatable bonds is 9. The fourth-order valence-corrected chi connectivity index (χ4v) is 2.61. The molecule has 2 aromatic carbocycles. The highest BCUT2D eigenvalue weighted by molar-refractivity contribution is 5.91. The molecule has 28 heavy (non-hydrogen) atoms. The minimum Gasteiger partial charge on any atom is -0.497 e. The first kappa shape index (κ1) is 21.1. The van der Waals surface area contributed by atoms with Gasteiger partial charge in [-0.2, -0.15) is 0 Å². The van der Waals surface area contributed by atoms with Crippen LogP contribution in [-0.2, 0) is 9.53 Å². The van der Waals surface area contributed by atoms with Gasteiger partial charge in [-0.1, -0.05) is 0 Å². The molecule has 1 N–H and O–H groups in total. The molecule has 0 aliphatic heterocycles. The molecule has 0 spiro atoms. The zero-order chi connectivity index (χ0) is 20.5. The first-order chi connectivity index (χ1) is 13.5. The van der Waals surface area contributed by atoms with Crippen molar-refractivity contribution in [2.24, 2.45) is 0 Å². The second-order valence-corrected chi connectivity index (χ2v) is 5.93. The van der Waals surface area contributed by atoms with Crippen LogP contribution in [0.25, 0.3) is 0 Å². The van der Waals surface area contributed by atoms with E-state index in [9.17, 15) is 9.59 Å². The lowest BCUT2D eigenvalue weighted by Crippen LogP contribution is -2.31. The van der Waals surface area contributed by atoms with Crippen molar-refractivity contribution in [2.75, 3.05) is 27.4 Å². The number of hydrogen-bond donors (Lipinski definition) is 1. The highest BCUT2D eigenvalue weighted by Crippen LogP contribution is 2.29. The smallest absolute Gasteiger partial charge is 0.338 e. The Kier molecular flexibility index (Phi) is 7.68. The van der Waals surface area contributed by atoms with Crippen LogP contribution in [0.5, 0.6) is 17.2 Å². The minimum absolute atomic E-state index is 0.346. The monoisotopic (exact) mass is 387 g/mol. The van der Waals surface area contributed by atoms with E-state index in [2.05, 4.69) is 5.32 Å². The molecular weight excluding hydrogens is 362 g/mol. The van der Waals surface area contributed by atoms with Gasteiger partial charge >= 0.3 is 5.97 Å². The molecule has 0 fully saturated rings. The molecule has 7 heteroatoms. The van der Waals surface area contributed by atoms with Crippen LogP contribution in [0.2, 0.25) is 0 Å². The van der Waals surface area contributed by atoms with Gasteiger partial charge in [-0.15, -0.1) is 0 Å². The number of benzene rings is 2. The van der Waals surface area contributed by atoms with Crippen molar-refractivity contribution in [3.05, 3.63) is 53.6 Å². The van der Waals surface area contributed by atoms with Crippen LogP contribution in [0.3, 0.4) is 0 Å². The molecule has 7 nitrogen and oxygen atoms in total. The summed E-state index contributed by atoms with van der Waals surface area (Å²) >= 11 is 0. The Hall–Kier alpha value is -3.22. The van der Waals surface area contributed by atoms with Crippen molar-refractivity contribution >= 4 is 11.9 Å². The van der Waals surface area contributed by atoms with Crippen LogP contribution >= 0.6 is 0 Å². The average molecular weight is 387 g/mol. The molecule has 2 rings (SSSR count). The first-order valence-corrected chi connectivity index (χ1v) is 8.89. The van der Waals surface area contributed by atoms with E-state index < -0.39 is 11.9 Å². The quantitative estimate of drug-likeness (QED) is 0.666. The van der Waals surface area contributed by atoms with Crippen molar-refractivity contribution in [3.8, 4) is 17.2 Å². The zero-order valence-corrected chi connectivity index (χ0v) is 16.5. The van der Waals surface area contributed by atoms with Gasteiger partial charge in [-0.25, -0.2) is 4.79 Å². The summed E-state index contributed by atoms with van der Waals surface area (Å²) in [5.74, 6) is 0.943. The Bertz CT molecular complexity index is 803. The molecule has 2 aromatic rings. The van der Waals surface area contributed by atoms with E-state index in [-0.39, 0.29) is 12.6 Å². The Labute approximate surface area is 164 Å². The van der Waals surface area contributed by atoms with Crippen molar-refractivity contribution in [1.29, 1.82) is 0 Å². The molecule has 0 saturated carbocycles. The molecule has 0 radical (unpaired) electrons. The standard InChI is InChI=1S/C21H25NO6/c1-5-27-16-8-6-15(7-9-16)21(24)28-13-20(23)22-14(2)18-12-17(25-3)10-11-19(18)26-4/h6-12,14H,5,13H2,1-4H3,(H,22,23). The number of ether oxygens (including phenoxy) is 4. The predicted octanol–water partition coefficient (Wildman–Crippen LogP) is 3.14. The maximum atomic E-state index is 12.2. The Morgan fingerprint density at radius 2 is 1.68 bits per heavy atom. The summed E-state index contributed by atoms with van der Waals surface area (Å²) in [5, 5.41) is 2.78. The van der Waals surface area contributed by atoms with E-state index in [0.29, 0.717) is 29.4 Å². The van der Waals surface area contributed by atoms with Gasteiger partial charge in [0, 0.05) is 5.56 Å². The van der Waals surface area contributed by atoms with E-state index in [4.69, 9.17) is 18.9 Å². The van der Waals surface area contributed by atoms with Crippen LogP contribution in [0.4, 0.5) is 0 Å². The summed E-state index contributed by atoms with van der Waals surface area (Å²) in [7, 11) is 3.12. The second-order valence-electron chi connectivity index (χ2n) is 5.93. The molecule has 0 aromatic heterocycles. The van der Waals surface area contributed by atoms with Crippen LogP contribution < -0.4 is 19.5 Å². The van der Waals surface area contributed by atoms with Gasteiger partial charge < -0.3 is 24.3 Å². The van der Waals surface area contributed by atoms with Crippen molar-refractivity contribution < 1.29 is 28.5 Å². The van der Waals surface area contributed by atoms with Crippen LogP contribution in [0, 0.1) is 0 Å². The lowest BCUT2D eigenvalue weighted by atomic mass is 10.1. The highest BCUT2D eigenvalue weighted by Gasteiger charge is 2.17. The normalized spacial score (nSPS) is 11.3. The van der Waals surface area contributed by atoms with Crippen LogP contribution in [0.1, 0.15) is 35.8 Å². The SMILES string of the molecule is CCOc1ccc(C(=O)OCC(=O)NC(C)c2cc(OC)ccc2OC)cc1. The number of esters is 1. The van der Waals surface area contributed by atoms with Gasteiger partial charge in [0.15, 0.2) is 6.61 Å². The molecule has 0 saturated heterocycles. The number of carbonyl (C=O) groups is 2. The predicted molar refractivity (Wildman–Crippen MR) is 104 cm³/mol. The van der Waals surface area contributed by atoms with E-state index in [1.807, 2.05) is 13.8 Å². The summed E-state index contributed by atoms with van der Waals surface area (Å²) in [5.41, 5.74) is 1.10. The number of nitrogens with one attached hydrogen (secondary N) is 1. The molecule has 150 valence electrons. The minimum atomic E-state index is -0.579. The summed E-state index contributed by atoms with van der Waals surface area (Å²) in [4.78, 5) is 24.3. The summed E-state index contributed by atoms with van der Waals surface area (Å²) in [6, 6.07) is 11.5. The fraction of sp³-hybridized carbons (Fsp3) is 0.333. The summed E-state index contributed by atoms with van der Waals surface area (Å²) in [6.45, 7) is 3.84. The van der Waals surface area contributed by atoms with Crippen molar-refractivity contribution in [2.45, 2.75) is 19.9 Å². The molecule has 1 atom stereocenters. The third-order valence-corrected chi connectivity index (χ3v) is 4.02. The third kappa shape index (κ3) is 5.64. The topological polar surface area (TPSA) is 83.1 Å². The maximum absolute atomic E-state index is 12.2. The van der Waals surface area contributed by atoms with Gasteiger partial charge in [0.05, 0.1) is 32.4 Å². The highest BCUT2D eigenvalue weighted by atomic mass is 16.5. The van der Waals surface area contributed by atoms with Gasteiger partial charge in [-0.3, -0.25) is 4.79 Å². The Balaban J connectivity index is 1.92. The van der Waals surface area contributed by atoms with E-state index in [1.165, 1.54) is 0 Å². The van der Waals surface area contributed by atoms with Gasteiger partial charge in [0.1, 0.15) is 17.2 Å². The summed E-state index contributed by atoms with van der Waals surface area (Å²) in [6.07, 6.45) is 0. The average Bonchev–Trinajstić information content (AvgIpc) is 2.72. The molecule has 1 amide bonds. The molecule has 1 unspecified atom stereocenters. The van der Waals surface area contributed by atoms with E-state index >= 15 is 0 Å². The Morgan fingerprint density at radius 3 is 2.29 bits per heavy atom. The van der Waals surface area contributed by atoms with Gasteiger partial charge in [0.2, 0.25) is 0 Å². The molecule has 0 bridgehead atoms. The number of methoxy groups -OCH3 is 2. The molecule has 0 aliphatic rings. The molecular formula is C21H25NO6. The van der Waals surface area contributed by atoms with Gasteiger partial charge in [0.25, 0.3) is 5.91 Å². The van der Waals surface area contributed by atoms with Crippen LogP contribution in [-0.4, -0.2) is 39.3 Å². The Morgan fingerprint density at radius 1 is 1.00 bits per heavy atom. The van der Waals surface area contributed by atoms with Crippen LogP contribution in [0.15, 0.2) is 42.5 Å².